The van der Waals surface area contributed by atoms with Gasteiger partial charge >= 0.3 is 17.9 Å². The lowest BCUT2D eigenvalue weighted by molar-refractivity contribution is -0.167. The molecule has 0 bridgehead atoms. The molecule has 6 nitrogen and oxygen atoms in total. The number of hydrogen-bond acceptors (Lipinski definition) is 6. The molecule has 0 aliphatic heterocycles. The standard InChI is InChI=1S/C65H116O6/c1-4-7-10-13-16-19-22-25-28-31-32-35-37-40-43-46-49-52-55-58-64(67)70-61-62(71-65(68)59-56-53-50-47-44-41-38-34-30-27-24-21-18-15-12-9-6-3)60-69-63(66)57-54-51-48-45-42-39-36-33-29-26-23-20-17-14-11-8-5-2/h9,12,17-18,20-21,26-27,29-30,62H,4-8,10-11,13-16,19,22-25,28,31-61H2,1-3H3/b12-9-,20-17-,21-18-,29-26-,30-27-. The van der Waals surface area contributed by atoms with Crippen LogP contribution < -0.4 is 0 Å². The van der Waals surface area contributed by atoms with E-state index in [0.29, 0.717) is 19.3 Å². The van der Waals surface area contributed by atoms with E-state index >= 15 is 0 Å². The Kier molecular flexibility index (Phi) is 57.2. The fourth-order valence-electron chi connectivity index (χ4n) is 8.90. The quantitative estimate of drug-likeness (QED) is 0.0261. The van der Waals surface area contributed by atoms with E-state index in [-0.39, 0.29) is 31.1 Å². The van der Waals surface area contributed by atoms with Crippen LogP contribution in [0.3, 0.4) is 0 Å². The van der Waals surface area contributed by atoms with E-state index in [1.807, 2.05) is 0 Å². The van der Waals surface area contributed by atoms with Gasteiger partial charge in [-0.05, 0) is 83.5 Å². The van der Waals surface area contributed by atoms with Gasteiger partial charge in [0.05, 0.1) is 0 Å². The number of ether oxygens (including phenoxy) is 3. The highest BCUT2D eigenvalue weighted by molar-refractivity contribution is 5.71. The molecule has 6 heteroatoms. The maximum atomic E-state index is 12.9. The Morgan fingerprint density at radius 1 is 0.296 bits per heavy atom. The van der Waals surface area contributed by atoms with Crippen LogP contribution in [0.4, 0.5) is 0 Å². The van der Waals surface area contributed by atoms with Crippen molar-refractivity contribution in [2.75, 3.05) is 13.2 Å². The van der Waals surface area contributed by atoms with E-state index < -0.39 is 6.10 Å². The molecule has 71 heavy (non-hydrogen) atoms. The van der Waals surface area contributed by atoms with Gasteiger partial charge in [0.2, 0.25) is 0 Å². The number of rotatable bonds is 56. The van der Waals surface area contributed by atoms with Crippen molar-refractivity contribution in [3.63, 3.8) is 0 Å². The molecular weight excluding hydrogens is 877 g/mol. The molecule has 1 atom stereocenters. The van der Waals surface area contributed by atoms with Gasteiger partial charge in [0, 0.05) is 19.3 Å². The van der Waals surface area contributed by atoms with Crippen LogP contribution in [0.25, 0.3) is 0 Å². The third-order valence-corrected chi connectivity index (χ3v) is 13.5. The summed E-state index contributed by atoms with van der Waals surface area (Å²) in [6, 6.07) is 0. The van der Waals surface area contributed by atoms with Gasteiger partial charge < -0.3 is 14.2 Å². The van der Waals surface area contributed by atoms with Gasteiger partial charge in [-0.3, -0.25) is 14.4 Å². The van der Waals surface area contributed by atoms with Crippen molar-refractivity contribution in [2.24, 2.45) is 0 Å². The highest BCUT2D eigenvalue weighted by Crippen LogP contribution is 2.17. The topological polar surface area (TPSA) is 78.9 Å². The number of esters is 3. The molecule has 0 N–H and O–H groups in total. The lowest BCUT2D eigenvalue weighted by Crippen LogP contribution is -2.30. The van der Waals surface area contributed by atoms with Crippen LogP contribution >= 0.6 is 0 Å². The Balaban J connectivity index is 4.37. The van der Waals surface area contributed by atoms with E-state index in [2.05, 4.69) is 81.5 Å². The summed E-state index contributed by atoms with van der Waals surface area (Å²) in [5.41, 5.74) is 0. The van der Waals surface area contributed by atoms with Crippen LogP contribution in [0.2, 0.25) is 0 Å². The minimum atomic E-state index is -0.782. The highest BCUT2D eigenvalue weighted by atomic mass is 16.6. The van der Waals surface area contributed by atoms with Crippen molar-refractivity contribution >= 4 is 17.9 Å². The first-order valence-electron chi connectivity index (χ1n) is 30.8. The summed E-state index contributed by atoms with van der Waals surface area (Å²) in [6.45, 7) is 6.53. The molecule has 0 rings (SSSR count). The summed E-state index contributed by atoms with van der Waals surface area (Å²) in [7, 11) is 0. The maximum absolute atomic E-state index is 12.9. The fourth-order valence-corrected chi connectivity index (χ4v) is 8.90. The average molecular weight is 994 g/mol. The van der Waals surface area contributed by atoms with E-state index in [4.69, 9.17) is 14.2 Å². The van der Waals surface area contributed by atoms with Gasteiger partial charge in [0.15, 0.2) is 6.10 Å². The molecule has 0 saturated carbocycles. The molecule has 0 amide bonds. The number of carbonyl (C=O) groups excluding carboxylic acids is 3. The number of unbranched alkanes of at least 4 members (excludes halogenated alkanes) is 35. The van der Waals surface area contributed by atoms with E-state index in [9.17, 15) is 14.4 Å². The molecule has 0 aromatic carbocycles. The van der Waals surface area contributed by atoms with Gasteiger partial charge in [0.25, 0.3) is 0 Å². The van der Waals surface area contributed by atoms with Gasteiger partial charge in [-0.2, -0.15) is 0 Å². The van der Waals surface area contributed by atoms with Crippen LogP contribution in [0.5, 0.6) is 0 Å². The molecular formula is C65H116O6. The molecule has 0 heterocycles. The molecule has 0 saturated heterocycles. The zero-order valence-electron chi connectivity index (χ0n) is 47.2. The SMILES string of the molecule is CC/C=C\C/C=C\C/C=C\CCCCCCCCCC(=O)OC(COC(=O)CCCCCCCCC/C=C\C/C=C\CCCCC)COC(=O)CCCCCCCCCCCCCCCCCCCCC. The van der Waals surface area contributed by atoms with Crippen molar-refractivity contribution in [1.29, 1.82) is 0 Å². The molecule has 0 aliphatic rings. The smallest absolute Gasteiger partial charge is 0.306 e. The first-order valence-corrected chi connectivity index (χ1v) is 30.8. The summed E-state index contributed by atoms with van der Waals surface area (Å²) in [4.78, 5) is 38.3. The van der Waals surface area contributed by atoms with Gasteiger partial charge in [-0.25, -0.2) is 0 Å². The molecule has 0 fully saturated rings. The van der Waals surface area contributed by atoms with Crippen LogP contribution in [0.1, 0.15) is 316 Å². The summed E-state index contributed by atoms with van der Waals surface area (Å²) < 4.78 is 16.9. The highest BCUT2D eigenvalue weighted by Gasteiger charge is 2.19. The Bertz CT molecular complexity index is 1280. The van der Waals surface area contributed by atoms with E-state index in [1.165, 1.54) is 180 Å². The van der Waals surface area contributed by atoms with Crippen LogP contribution in [-0.4, -0.2) is 37.2 Å². The summed E-state index contributed by atoms with van der Waals surface area (Å²) in [6.07, 6.45) is 75.0. The van der Waals surface area contributed by atoms with Crippen LogP contribution in [0.15, 0.2) is 60.8 Å². The lowest BCUT2D eigenvalue weighted by Gasteiger charge is -2.18. The number of hydrogen-bond donors (Lipinski definition) is 0. The lowest BCUT2D eigenvalue weighted by atomic mass is 10.0. The van der Waals surface area contributed by atoms with Crippen molar-refractivity contribution in [2.45, 2.75) is 322 Å². The summed E-state index contributed by atoms with van der Waals surface area (Å²) in [5.74, 6) is -0.879. The minimum Gasteiger partial charge on any atom is -0.462 e. The largest absolute Gasteiger partial charge is 0.462 e. The van der Waals surface area contributed by atoms with Crippen molar-refractivity contribution < 1.29 is 28.6 Å². The Morgan fingerprint density at radius 3 is 0.887 bits per heavy atom. The predicted octanol–water partition coefficient (Wildman–Crippen LogP) is 20.8. The van der Waals surface area contributed by atoms with Crippen molar-refractivity contribution in [3.8, 4) is 0 Å². The monoisotopic (exact) mass is 993 g/mol. The van der Waals surface area contributed by atoms with Crippen LogP contribution in [0, 0.1) is 0 Å². The summed E-state index contributed by atoms with van der Waals surface area (Å²) in [5, 5.41) is 0. The Hall–Kier alpha value is -2.89. The average Bonchev–Trinajstić information content (AvgIpc) is 3.37. The molecule has 1 unspecified atom stereocenters. The Morgan fingerprint density at radius 2 is 0.549 bits per heavy atom. The first kappa shape index (κ1) is 68.1. The second-order valence-corrected chi connectivity index (χ2v) is 20.6. The number of allylic oxidation sites excluding steroid dienone is 10. The second-order valence-electron chi connectivity index (χ2n) is 20.6. The fraction of sp³-hybridized carbons (Fsp3) is 0.800. The predicted molar refractivity (Wildman–Crippen MR) is 307 cm³/mol. The molecule has 0 aromatic heterocycles. The van der Waals surface area contributed by atoms with Gasteiger partial charge in [-0.15, -0.1) is 0 Å². The maximum Gasteiger partial charge on any atom is 0.306 e. The van der Waals surface area contributed by atoms with E-state index in [1.54, 1.807) is 0 Å². The molecule has 412 valence electrons. The van der Waals surface area contributed by atoms with E-state index in [0.717, 1.165) is 96.3 Å². The van der Waals surface area contributed by atoms with Gasteiger partial charge in [0.1, 0.15) is 13.2 Å². The number of carbonyl (C=O) groups is 3. The third kappa shape index (κ3) is 57.9. The van der Waals surface area contributed by atoms with Gasteiger partial charge in [-0.1, -0.05) is 274 Å². The second kappa shape index (κ2) is 59.7. The zero-order chi connectivity index (χ0) is 51.4. The van der Waals surface area contributed by atoms with Crippen LogP contribution in [-0.2, 0) is 28.6 Å². The molecule has 0 aliphatic carbocycles. The zero-order valence-corrected chi connectivity index (χ0v) is 47.2. The Labute approximate surface area is 440 Å². The van der Waals surface area contributed by atoms with Crippen molar-refractivity contribution in [3.05, 3.63) is 60.8 Å². The third-order valence-electron chi connectivity index (χ3n) is 13.5. The normalized spacial score (nSPS) is 12.4. The summed E-state index contributed by atoms with van der Waals surface area (Å²) >= 11 is 0. The molecule has 0 spiro atoms. The molecule has 0 aromatic rings. The minimum absolute atomic E-state index is 0.0779. The van der Waals surface area contributed by atoms with Crippen molar-refractivity contribution in [1.82, 2.24) is 0 Å². The first-order chi connectivity index (χ1) is 35.0. The molecule has 0 radical (unpaired) electrons.